The summed E-state index contributed by atoms with van der Waals surface area (Å²) in [5, 5.41) is 3.49. The van der Waals surface area contributed by atoms with Crippen molar-refractivity contribution in [2.24, 2.45) is 5.92 Å². The van der Waals surface area contributed by atoms with E-state index in [-0.39, 0.29) is 0 Å². The van der Waals surface area contributed by atoms with Gasteiger partial charge >= 0.3 is 0 Å². The zero-order chi connectivity index (χ0) is 8.55. The van der Waals surface area contributed by atoms with E-state index in [0.717, 1.165) is 18.0 Å². The average molecular weight is 168 g/mol. The van der Waals surface area contributed by atoms with Gasteiger partial charge in [-0.1, -0.05) is 13.8 Å². The van der Waals surface area contributed by atoms with Crippen molar-refractivity contribution in [3.05, 3.63) is 0 Å². The van der Waals surface area contributed by atoms with Crippen LogP contribution in [0.1, 0.15) is 26.7 Å². The zero-order valence-corrected chi connectivity index (χ0v) is 8.21. The molecule has 0 radical (unpaired) electrons. The monoisotopic (exact) mass is 168 g/mol. The van der Waals surface area contributed by atoms with Crippen molar-refractivity contribution in [3.63, 3.8) is 0 Å². The normalized spacial score (nSPS) is 32.8. The van der Waals surface area contributed by atoms with Gasteiger partial charge in [-0.05, 0) is 18.8 Å². The fraction of sp³-hybridized carbons (Fsp3) is 1.00. The first kappa shape index (κ1) is 8.52. The SMILES string of the molecule is CC(C)C1CNCCN1C1CC1. The molecule has 2 heteroatoms. The molecule has 2 fully saturated rings. The van der Waals surface area contributed by atoms with E-state index in [1.807, 2.05) is 0 Å². The van der Waals surface area contributed by atoms with Gasteiger partial charge in [0.05, 0.1) is 0 Å². The summed E-state index contributed by atoms with van der Waals surface area (Å²) in [6.07, 6.45) is 2.90. The molecular formula is C10H20N2. The Kier molecular flexibility index (Phi) is 2.37. The Morgan fingerprint density at radius 1 is 1.33 bits per heavy atom. The third-order valence-corrected chi connectivity index (χ3v) is 3.11. The van der Waals surface area contributed by atoms with Crippen molar-refractivity contribution >= 4 is 0 Å². The molecular weight excluding hydrogens is 148 g/mol. The van der Waals surface area contributed by atoms with E-state index in [4.69, 9.17) is 0 Å². The summed E-state index contributed by atoms with van der Waals surface area (Å²) in [6, 6.07) is 1.74. The van der Waals surface area contributed by atoms with Crippen molar-refractivity contribution < 1.29 is 0 Å². The molecule has 1 aliphatic heterocycles. The van der Waals surface area contributed by atoms with Gasteiger partial charge in [-0.25, -0.2) is 0 Å². The van der Waals surface area contributed by atoms with Crippen LogP contribution in [0.3, 0.4) is 0 Å². The van der Waals surface area contributed by atoms with Crippen LogP contribution in [-0.4, -0.2) is 36.6 Å². The second-order valence-electron chi connectivity index (χ2n) is 4.48. The minimum atomic E-state index is 0.797. The molecule has 2 nitrogen and oxygen atoms in total. The summed E-state index contributed by atoms with van der Waals surface area (Å²) < 4.78 is 0. The number of rotatable bonds is 2. The zero-order valence-electron chi connectivity index (χ0n) is 8.21. The highest BCUT2D eigenvalue weighted by Gasteiger charge is 2.36. The molecule has 1 aliphatic carbocycles. The molecule has 1 unspecified atom stereocenters. The predicted molar refractivity (Wildman–Crippen MR) is 51.2 cm³/mol. The molecule has 0 aromatic heterocycles. The van der Waals surface area contributed by atoms with Gasteiger partial charge in [0, 0.05) is 31.7 Å². The van der Waals surface area contributed by atoms with Crippen LogP contribution in [0.25, 0.3) is 0 Å². The van der Waals surface area contributed by atoms with Crippen LogP contribution < -0.4 is 5.32 Å². The van der Waals surface area contributed by atoms with Crippen molar-refractivity contribution in [1.82, 2.24) is 10.2 Å². The quantitative estimate of drug-likeness (QED) is 0.663. The van der Waals surface area contributed by atoms with Crippen LogP contribution in [0, 0.1) is 5.92 Å². The fourth-order valence-corrected chi connectivity index (χ4v) is 2.22. The Bertz CT molecular complexity index is 142. The smallest absolute Gasteiger partial charge is 0.0247 e. The van der Waals surface area contributed by atoms with E-state index >= 15 is 0 Å². The highest BCUT2D eigenvalue weighted by atomic mass is 15.3. The molecule has 70 valence electrons. The van der Waals surface area contributed by atoms with Crippen molar-refractivity contribution in [3.8, 4) is 0 Å². The maximum Gasteiger partial charge on any atom is 0.0247 e. The number of nitrogens with zero attached hydrogens (tertiary/aromatic N) is 1. The lowest BCUT2D eigenvalue weighted by Crippen LogP contribution is -2.54. The first-order chi connectivity index (χ1) is 5.79. The largest absolute Gasteiger partial charge is 0.314 e. The lowest BCUT2D eigenvalue weighted by Gasteiger charge is -2.38. The molecule has 1 atom stereocenters. The maximum absolute atomic E-state index is 3.49. The highest BCUT2D eigenvalue weighted by Crippen LogP contribution is 2.30. The molecule has 0 aromatic carbocycles. The van der Waals surface area contributed by atoms with Crippen LogP contribution in [0.5, 0.6) is 0 Å². The summed E-state index contributed by atoms with van der Waals surface area (Å²) in [5.41, 5.74) is 0. The van der Waals surface area contributed by atoms with Crippen LogP contribution in [0.15, 0.2) is 0 Å². The molecule has 1 saturated carbocycles. The van der Waals surface area contributed by atoms with E-state index in [1.54, 1.807) is 0 Å². The third kappa shape index (κ3) is 1.64. The number of hydrogen-bond donors (Lipinski definition) is 1. The molecule has 1 heterocycles. The van der Waals surface area contributed by atoms with Gasteiger partial charge in [0.1, 0.15) is 0 Å². The standard InChI is InChI=1S/C10H20N2/c1-8(2)10-7-11-5-6-12(10)9-3-4-9/h8-11H,3-7H2,1-2H3. The van der Waals surface area contributed by atoms with Gasteiger partial charge in [-0.2, -0.15) is 0 Å². The Balaban J connectivity index is 1.96. The predicted octanol–water partition coefficient (Wildman–Crippen LogP) is 1.08. The fourth-order valence-electron chi connectivity index (χ4n) is 2.22. The summed E-state index contributed by atoms with van der Waals surface area (Å²) >= 11 is 0. The molecule has 12 heavy (non-hydrogen) atoms. The van der Waals surface area contributed by atoms with E-state index in [9.17, 15) is 0 Å². The molecule has 0 spiro atoms. The number of nitrogens with one attached hydrogen (secondary N) is 1. The Morgan fingerprint density at radius 2 is 2.08 bits per heavy atom. The summed E-state index contributed by atoms with van der Waals surface area (Å²) in [5.74, 6) is 0.804. The number of hydrogen-bond acceptors (Lipinski definition) is 2. The van der Waals surface area contributed by atoms with Crippen LogP contribution >= 0.6 is 0 Å². The highest BCUT2D eigenvalue weighted by molar-refractivity contribution is 4.93. The van der Waals surface area contributed by atoms with Crippen molar-refractivity contribution in [1.29, 1.82) is 0 Å². The average Bonchev–Trinajstić information content (AvgIpc) is 2.87. The van der Waals surface area contributed by atoms with Gasteiger partial charge in [-0.3, -0.25) is 4.90 Å². The van der Waals surface area contributed by atoms with Crippen molar-refractivity contribution in [2.45, 2.75) is 38.8 Å². The van der Waals surface area contributed by atoms with Gasteiger partial charge in [0.15, 0.2) is 0 Å². The van der Waals surface area contributed by atoms with Gasteiger partial charge in [0.25, 0.3) is 0 Å². The van der Waals surface area contributed by atoms with Gasteiger partial charge in [-0.15, -0.1) is 0 Å². The lowest BCUT2D eigenvalue weighted by molar-refractivity contribution is 0.116. The second-order valence-corrected chi connectivity index (χ2v) is 4.48. The summed E-state index contributed by atoms with van der Waals surface area (Å²) in [7, 11) is 0. The maximum atomic E-state index is 3.49. The summed E-state index contributed by atoms with van der Waals surface area (Å²) in [4.78, 5) is 2.72. The molecule has 1 N–H and O–H groups in total. The van der Waals surface area contributed by atoms with E-state index in [0.29, 0.717) is 0 Å². The summed E-state index contributed by atoms with van der Waals surface area (Å²) in [6.45, 7) is 8.35. The Morgan fingerprint density at radius 3 is 2.67 bits per heavy atom. The first-order valence-corrected chi connectivity index (χ1v) is 5.25. The molecule has 0 amide bonds. The molecule has 2 rings (SSSR count). The van der Waals surface area contributed by atoms with Crippen molar-refractivity contribution in [2.75, 3.05) is 19.6 Å². The lowest BCUT2D eigenvalue weighted by atomic mass is 10.0. The van der Waals surface area contributed by atoms with Crippen LogP contribution in [0.4, 0.5) is 0 Å². The molecule has 1 saturated heterocycles. The third-order valence-electron chi connectivity index (χ3n) is 3.11. The molecule has 0 bridgehead atoms. The molecule has 2 aliphatic rings. The van der Waals surface area contributed by atoms with E-state index in [2.05, 4.69) is 24.1 Å². The second kappa shape index (κ2) is 3.35. The minimum absolute atomic E-state index is 0.797. The minimum Gasteiger partial charge on any atom is -0.314 e. The topological polar surface area (TPSA) is 15.3 Å². The van der Waals surface area contributed by atoms with Crippen LogP contribution in [-0.2, 0) is 0 Å². The first-order valence-electron chi connectivity index (χ1n) is 5.25. The van der Waals surface area contributed by atoms with Gasteiger partial charge < -0.3 is 5.32 Å². The van der Waals surface area contributed by atoms with Crippen LogP contribution in [0.2, 0.25) is 0 Å². The Hall–Kier alpha value is -0.0800. The Labute approximate surface area is 75.3 Å². The van der Waals surface area contributed by atoms with E-state index in [1.165, 1.54) is 32.5 Å². The molecule has 0 aromatic rings. The van der Waals surface area contributed by atoms with E-state index < -0.39 is 0 Å². The van der Waals surface area contributed by atoms with Gasteiger partial charge in [0.2, 0.25) is 0 Å². The number of piperazine rings is 1.